The predicted molar refractivity (Wildman–Crippen MR) is 268 cm³/mol. The fraction of sp³-hybridized carbons (Fsp3) is 0.521. The second-order valence-corrected chi connectivity index (χ2v) is 25.8. The molecule has 0 aliphatic carbocycles. The maximum absolute atomic E-state index is 14.9. The first-order chi connectivity index (χ1) is 31.8. The van der Waals surface area contributed by atoms with Crippen LogP contribution in [0.3, 0.4) is 0 Å². The third-order valence-corrected chi connectivity index (χ3v) is 15.0. The van der Waals surface area contributed by atoms with Crippen molar-refractivity contribution in [1.82, 2.24) is 39.8 Å². The van der Waals surface area contributed by atoms with Crippen molar-refractivity contribution >= 4 is 63.7 Å². The van der Waals surface area contributed by atoms with Crippen molar-refractivity contribution in [2.24, 2.45) is 4.99 Å². The highest BCUT2D eigenvalue weighted by Crippen LogP contribution is 2.34. The number of benzene rings is 2. The maximum atomic E-state index is 14.9. The van der Waals surface area contributed by atoms with E-state index in [1.165, 1.54) is 24.5 Å². The number of unbranched alkanes of at least 4 members (excludes halogenated alkanes) is 1. The van der Waals surface area contributed by atoms with Gasteiger partial charge in [-0.3, -0.25) is 14.4 Å². The minimum absolute atomic E-state index is 0.156. The standard InChI is InChI=1S/C48H67FN10O4S2Si/c1-36-33-43(53-54-45(36)52-48-59(35-62-31-32-66(6,7)8)39-16-9-10-17-41(39)64-48)58(24-12-11-21-50-22-25-57-28-26-56(4)27-29-57)47-51-44(46(60)61-5)42(65-47)18-14-30-63-40-20-19-37(34-38(40)49)15-13-23-55(2)3/h9-10,16-17,19-20,33-34,50H,11-12,14,18,21-32,35H2,1-8H3. The van der Waals surface area contributed by atoms with Crippen LogP contribution in [0.1, 0.15) is 45.8 Å². The molecule has 0 saturated carbocycles. The molecule has 0 radical (unpaired) electrons. The average molecular weight is 959 g/mol. The number of hydrogen-bond acceptors (Lipinski definition) is 15. The van der Waals surface area contributed by atoms with E-state index in [-0.39, 0.29) is 18.1 Å². The number of esters is 1. The summed E-state index contributed by atoms with van der Waals surface area (Å²) in [6.45, 7) is 18.9. The first kappa shape index (κ1) is 50.8. The van der Waals surface area contributed by atoms with Crippen LogP contribution in [-0.4, -0.2) is 149 Å². The number of rotatable bonds is 23. The van der Waals surface area contributed by atoms with Crippen molar-refractivity contribution in [2.75, 3.05) is 105 Å². The molecular formula is C48H67FN10O4S2Si. The Morgan fingerprint density at radius 1 is 1.00 bits per heavy atom. The third kappa shape index (κ3) is 15.2. The molecule has 0 spiro atoms. The number of ether oxygens (including phenoxy) is 3. The summed E-state index contributed by atoms with van der Waals surface area (Å²) in [6, 6.07) is 16.1. The topological polar surface area (TPSA) is 126 Å². The summed E-state index contributed by atoms with van der Waals surface area (Å²) in [5, 5.41) is 13.7. The van der Waals surface area contributed by atoms with Gasteiger partial charge in [-0.1, -0.05) is 55.0 Å². The molecular weight excluding hydrogens is 892 g/mol. The summed E-state index contributed by atoms with van der Waals surface area (Å²) >= 11 is 3.02. The Balaban J connectivity index is 1.19. The van der Waals surface area contributed by atoms with Crippen LogP contribution < -0.4 is 19.8 Å². The summed E-state index contributed by atoms with van der Waals surface area (Å²) in [7, 11) is 6.15. The quantitative estimate of drug-likeness (QED) is 0.0304. The number of thiazole rings is 2. The van der Waals surface area contributed by atoms with Crippen LogP contribution in [0.2, 0.25) is 25.7 Å². The van der Waals surface area contributed by atoms with Crippen LogP contribution in [0.5, 0.6) is 5.75 Å². The SMILES string of the molecule is COC(=O)c1nc(N(CCCCNCCN2CCN(C)CC2)c2cc(C)c(N=c3sc4ccccc4n3COCC[Si](C)(C)C)nn2)sc1CCCOc1ccc(C#CCN(C)C)cc1F. The monoisotopic (exact) mass is 958 g/mol. The lowest BCUT2D eigenvalue weighted by Crippen LogP contribution is -2.46. The Morgan fingerprint density at radius 3 is 2.55 bits per heavy atom. The maximum Gasteiger partial charge on any atom is 0.357 e. The second kappa shape index (κ2) is 25.0. The van der Waals surface area contributed by atoms with E-state index in [0.717, 1.165) is 90.2 Å². The van der Waals surface area contributed by atoms with Gasteiger partial charge in [0.2, 0.25) is 0 Å². The normalized spacial score (nSPS) is 13.9. The van der Waals surface area contributed by atoms with Gasteiger partial charge >= 0.3 is 5.97 Å². The highest BCUT2D eigenvalue weighted by Gasteiger charge is 2.24. The third-order valence-electron chi connectivity index (χ3n) is 11.1. The van der Waals surface area contributed by atoms with Gasteiger partial charge in [0.1, 0.15) is 6.73 Å². The van der Waals surface area contributed by atoms with Gasteiger partial charge in [-0.15, -0.1) is 21.5 Å². The number of para-hydroxylation sites is 1. The number of fused-ring (bicyclic) bond motifs is 1. The van der Waals surface area contributed by atoms with Gasteiger partial charge in [0.05, 0.1) is 30.5 Å². The van der Waals surface area contributed by atoms with E-state index in [2.05, 4.69) is 70.3 Å². The molecule has 1 aliphatic rings. The molecule has 0 bridgehead atoms. The summed E-state index contributed by atoms with van der Waals surface area (Å²) in [6.07, 6.45) is 2.77. The molecule has 14 nitrogen and oxygen atoms in total. The molecule has 1 aliphatic heterocycles. The Hall–Kier alpha value is -4.58. The van der Waals surface area contributed by atoms with Gasteiger partial charge in [0.15, 0.2) is 38.8 Å². The number of likely N-dealkylation sites (N-methyl/N-ethyl adjacent to an activating group) is 1. The fourth-order valence-electron chi connectivity index (χ4n) is 7.11. The lowest BCUT2D eigenvalue weighted by molar-refractivity contribution is 0.0593. The number of aryl methyl sites for hydroxylation is 2. The number of hydrogen-bond donors (Lipinski definition) is 1. The molecule has 0 amide bonds. The Bertz CT molecular complexity index is 2490. The highest BCUT2D eigenvalue weighted by molar-refractivity contribution is 7.16. The Labute approximate surface area is 398 Å². The predicted octanol–water partition coefficient (Wildman–Crippen LogP) is 7.41. The number of carbonyl (C=O) groups is 1. The smallest absolute Gasteiger partial charge is 0.357 e. The first-order valence-corrected chi connectivity index (χ1v) is 28.2. The van der Waals surface area contributed by atoms with Crippen molar-refractivity contribution in [2.45, 2.75) is 65.0 Å². The molecule has 356 valence electrons. The number of piperazine rings is 1. The fourth-order valence-corrected chi connectivity index (χ4v) is 10.0. The molecule has 1 fully saturated rings. The number of halogens is 1. The van der Waals surface area contributed by atoms with E-state index in [4.69, 9.17) is 34.4 Å². The minimum Gasteiger partial charge on any atom is -0.491 e. The molecule has 5 aromatic rings. The number of aromatic nitrogens is 4. The molecule has 0 unspecified atom stereocenters. The van der Waals surface area contributed by atoms with E-state index in [9.17, 15) is 9.18 Å². The van der Waals surface area contributed by atoms with Crippen LogP contribution in [0.15, 0.2) is 53.5 Å². The molecule has 66 heavy (non-hydrogen) atoms. The zero-order valence-corrected chi connectivity index (χ0v) is 42.6. The summed E-state index contributed by atoms with van der Waals surface area (Å²) in [5.41, 5.74) is 2.75. The lowest BCUT2D eigenvalue weighted by atomic mass is 10.2. The second-order valence-electron chi connectivity index (χ2n) is 18.1. The zero-order chi connectivity index (χ0) is 47.1. The van der Waals surface area contributed by atoms with Crippen LogP contribution in [0, 0.1) is 24.6 Å². The summed E-state index contributed by atoms with van der Waals surface area (Å²) < 4.78 is 35.4. The number of anilines is 2. The van der Waals surface area contributed by atoms with Crippen molar-refractivity contribution in [3.05, 3.63) is 80.8 Å². The van der Waals surface area contributed by atoms with E-state index in [1.54, 1.807) is 23.5 Å². The van der Waals surface area contributed by atoms with Gasteiger partial charge < -0.3 is 29.3 Å². The van der Waals surface area contributed by atoms with Crippen LogP contribution in [0.4, 0.5) is 21.2 Å². The zero-order valence-electron chi connectivity index (χ0n) is 40.0. The van der Waals surface area contributed by atoms with Gasteiger partial charge in [0.25, 0.3) is 0 Å². The van der Waals surface area contributed by atoms with E-state index in [0.29, 0.717) is 61.6 Å². The van der Waals surface area contributed by atoms with E-state index >= 15 is 0 Å². The van der Waals surface area contributed by atoms with Crippen LogP contribution in [-0.2, 0) is 22.6 Å². The number of methoxy groups -OCH3 is 1. The molecule has 1 N–H and O–H groups in total. The van der Waals surface area contributed by atoms with Gasteiger partial charge in [-0.2, -0.15) is 4.99 Å². The van der Waals surface area contributed by atoms with Crippen molar-refractivity contribution in [3.8, 4) is 17.6 Å². The number of nitrogens with zero attached hydrogens (tertiary/aromatic N) is 9. The van der Waals surface area contributed by atoms with Crippen LogP contribution >= 0.6 is 22.7 Å². The van der Waals surface area contributed by atoms with Gasteiger partial charge in [-0.25, -0.2) is 14.2 Å². The molecule has 2 aromatic carbocycles. The van der Waals surface area contributed by atoms with E-state index < -0.39 is 19.9 Å². The van der Waals surface area contributed by atoms with Crippen molar-refractivity contribution < 1.29 is 23.4 Å². The molecule has 4 heterocycles. The molecule has 0 atom stereocenters. The highest BCUT2D eigenvalue weighted by atomic mass is 32.1. The number of carbonyl (C=O) groups excluding carboxylic acids is 1. The first-order valence-electron chi connectivity index (χ1n) is 22.9. The minimum atomic E-state index is -1.25. The number of nitrogens with one attached hydrogen (secondary N) is 1. The van der Waals surface area contributed by atoms with Crippen molar-refractivity contribution in [3.63, 3.8) is 0 Å². The van der Waals surface area contributed by atoms with Crippen LogP contribution in [0.25, 0.3) is 10.2 Å². The lowest BCUT2D eigenvalue weighted by Gasteiger charge is -2.32. The Kier molecular flexibility index (Phi) is 19.2. The van der Waals surface area contributed by atoms with Gasteiger partial charge in [-0.05, 0) is 108 Å². The average Bonchev–Trinajstić information content (AvgIpc) is 3.87. The molecule has 1 saturated heterocycles. The molecule has 18 heteroatoms. The molecule has 3 aromatic heterocycles. The summed E-state index contributed by atoms with van der Waals surface area (Å²) in [5.74, 6) is 6.30. The Morgan fingerprint density at radius 2 is 1.80 bits per heavy atom. The van der Waals surface area contributed by atoms with Crippen molar-refractivity contribution in [1.29, 1.82) is 0 Å². The molecule has 6 rings (SSSR count). The largest absolute Gasteiger partial charge is 0.491 e. The summed E-state index contributed by atoms with van der Waals surface area (Å²) in [4.78, 5) is 33.5. The van der Waals surface area contributed by atoms with E-state index in [1.807, 2.05) is 49.0 Å². The van der Waals surface area contributed by atoms with Gasteiger partial charge in [0, 0.05) is 70.9 Å².